The Balaban J connectivity index is 0.000000322. The van der Waals surface area contributed by atoms with E-state index in [-0.39, 0.29) is 24.4 Å². The molecule has 0 aromatic heterocycles. The van der Waals surface area contributed by atoms with Gasteiger partial charge in [-0.25, -0.2) is 4.79 Å². The van der Waals surface area contributed by atoms with Crippen molar-refractivity contribution in [2.75, 3.05) is 26.4 Å². The maximum atomic E-state index is 11.3. The van der Waals surface area contributed by atoms with Gasteiger partial charge in [0, 0.05) is 6.54 Å². The van der Waals surface area contributed by atoms with E-state index in [2.05, 4.69) is 9.64 Å². The molecule has 2 rings (SSSR count). The van der Waals surface area contributed by atoms with Gasteiger partial charge in [-0.15, -0.1) is 0 Å². The van der Waals surface area contributed by atoms with E-state index in [0.29, 0.717) is 19.1 Å². The molecule has 2 saturated heterocycles. The summed E-state index contributed by atoms with van der Waals surface area (Å²) in [6.07, 6.45) is 0.235. The monoisotopic (exact) mass is 331 g/mol. The van der Waals surface area contributed by atoms with Crippen LogP contribution in [0.4, 0.5) is 0 Å². The van der Waals surface area contributed by atoms with Crippen LogP contribution in [0.3, 0.4) is 0 Å². The lowest BCUT2D eigenvalue weighted by Gasteiger charge is -2.19. The number of hydrogen-bond acceptors (Lipinski definition) is 7. The fourth-order valence-electron chi connectivity index (χ4n) is 2.04. The lowest BCUT2D eigenvalue weighted by molar-refractivity contribution is -0.160. The second kappa shape index (κ2) is 8.08. The van der Waals surface area contributed by atoms with E-state index < -0.39 is 5.60 Å². The number of ether oxygens (including phenoxy) is 4. The van der Waals surface area contributed by atoms with Crippen LogP contribution in [-0.4, -0.2) is 67.2 Å². The first-order chi connectivity index (χ1) is 10.5. The average Bonchev–Trinajstić information content (AvgIpc) is 2.80. The number of nitrogens with zero attached hydrogens (tertiary/aromatic N) is 1. The van der Waals surface area contributed by atoms with Crippen molar-refractivity contribution in [2.24, 2.45) is 0 Å². The molecule has 0 N–H and O–H groups in total. The van der Waals surface area contributed by atoms with E-state index >= 15 is 0 Å². The maximum absolute atomic E-state index is 11.3. The van der Waals surface area contributed by atoms with Gasteiger partial charge in [0.2, 0.25) is 0 Å². The lowest BCUT2D eigenvalue weighted by atomic mass is 10.2. The van der Waals surface area contributed by atoms with Gasteiger partial charge in [-0.2, -0.15) is 0 Å². The first kappa shape index (κ1) is 19.9. The van der Waals surface area contributed by atoms with Crippen LogP contribution in [0.2, 0.25) is 0 Å². The molecule has 2 aliphatic heterocycles. The molecular formula is C16H29NO6. The van der Waals surface area contributed by atoms with Crippen LogP contribution in [0.25, 0.3) is 0 Å². The molecule has 7 heteroatoms. The highest BCUT2D eigenvalue weighted by molar-refractivity contribution is 5.71. The predicted octanol–water partition coefficient (Wildman–Crippen LogP) is 1.34. The number of carbonyl (C=O) groups excluding carboxylic acids is 2. The molecule has 0 aromatic carbocycles. The van der Waals surface area contributed by atoms with Gasteiger partial charge in [0.05, 0.1) is 19.3 Å². The number of esters is 1. The van der Waals surface area contributed by atoms with Gasteiger partial charge in [-0.05, 0) is 41.5 Å². The fraction of sp³-hybridized carbons (Fsp3) is 0.875. The van der Waals surface area contributed by atoms with Crippen molar-refractivity contribution in [1.82, 2.24) is 4.90 Å². The summed E-state index contributed by atoms with van der Waals surface area (Å²) in [5, 5.41) is 0. The summed E-state index contributed by atoms with van der Waals surface area (Å²) >= 11 is 0. The Bertz CT molecular complexity index is 388. The largest absolute Gasteiger partial charge is 0.462 e. The van der Waals surface area contributed by atoms with E-state index in [4.69, 9.17) is 14.2 Å². The van der Waals surface area contributed by atoms with Crippen molar-refractivity contribution >= 4 is 12.4 Å². The third-order valence-corrected chi connectivity index (χ3v) is 2.96. The third kappa shape index (κ3) is 8.29. The van der Waals surface area contributed by atoms with Crippen molar-refractivity contribution in [3.05, 3.63) is 0 Å². The first-order valence-electron chi connectivity index (χ1n) is 7.82. The lowest BCUT2D eigenvalue weighted by Crippen LogP contribution is -2.27. The number of fused-ring (bicyclic) bond motifs is 1. The molecule has 0 spiro atoms. The molecule has 2 fully saturated rings. The summed E-state index contributed by atoms with van der Waals surface area (Å²) in [5.41, 5.74) is -0.759. The van der Waals surface area contributed by atoms with Crippen molar-refractivity contribution in [1.29, 1.82) is 0 Å². The second-order valence-corrected chi connectivity index (χ2v) is 7.49. The molecule has 2 aliphatic rings. The number of morpholine rings is 1. The number of rotatable bonds is 5. The number of hydrogen-bond donors (Lipinski definition) is 0. The van der Waals surface area contributed by atoms with Crippen LogP contribution < -0.4 is 0 Å². The van der Waals surface area contributed by atoms with Gasteiger partial charge < -0.3 is 18.9 Å². The Labute approximate surface area is 138 Å². The summed E-state index contributed by atoms with van der Waals surface area (Å²) in [5.74, 6) is -0.311. The van der Waals surface area contributed by atoms with Gasteiger partial charge in [0.25, 0.3) is 6.47 Å². The highest BCUT2D eigenvalue weighted by Gasteiger charge is 2.52. The van der Waals surface area contributed by atoms with E-state index in [1.54, 1.807) is 0 Å². The molecule has 23 heavy (non-hydrogen) atoms. The molecule has 2 heterocycles. The van der Waals surface area contributed by atoms with Crippen LogP contribution in [0.1, 0.15) is 41.5 Å². The minimum Gasteiger partial charge on any atom is -0.462 e. The van der Waals surface area contributed by atoms with E-state index in [1.165, 1.54) is 0 Å². The summed E-state index contributed by atoms with van der Waals surface area (Å²) < 4.78 is 20.4. The molecule has 0 bridgehead atoms. The molecule has 0 aliphatic carbocycles. The average molecular weight is 331 g/mol. The Morgan fingerprint density at radius 1 is 1.22 bits per heavy atom. The maximum Gasteiger partial charge on any atom is 0.332 e. The van der Waals surface area contributed by atoms with Crippen LogP contribution in [-0.2, 0) is 28.5 Å². The predicted molar refractivity (Wildman–Crippen MR) is 83.8 cm³/mol. The molecule has 3 unspecified atom stereocenters. The molecule has 0 amide bonds. The standard InChI is InChI=1S/C11H19NO4.C5H10O2/c1-11(2,3)16-9(13)7-14-6-8-10-12(8)4-5-15-10;1-5(2,3)7-4-6/h8,10H,4-7H2,1-3H3;4H,1-3H3. The van der Waals surface area contributed by atoms with Crippen molar-refractivity contribution in [3.63, 3.8) is 0 Å². The molecule has 3 atom stereocenters. The topological polar surface area (TPSA) is 74.1 Å². The Hall–Kier alpha value is -1.18. The van der Waals surface area contributed by atoms with E-state index in [0.717, 1.165) is 13.2 Å². The normalized spacial score (nSPS) is 25.7. The minimum absolute atomic E-state index is 0.0222. The molecule has 7 nitrogen and oxygen atoms in total. The molecule has 0 radical (unpaired) electrons. The van der Waals surface area contributed by atoms with Gasteiger partial charge in [0.15, 0.2) is 0 Å². The van der Waals surface area contributed by atoms with Crippen LogP contribution in [0, 0.1) is 0 Å². The minimum atomic E-state index is -0.441. The first-order valence-corrected chi connectivity index (χ1v) is 7.82. The Morgan fingerprint density at radius 3 is 2.26 bits per heavy atom. The zero-order valence-corrected chi connectivity index (χ0v) is 15.0. The summed E-state index contributed by atoms with van der Waals surface area (Å²) in [6, 6.07) is 0.344. The zero-order chi connectivity index (χ0) is 17.7. The van der Waals surface area contributed by atoms with Crippen molar-refractivity contribution < 1.29 is 28.5 Å². The summed E-state index contributed by atoms with van der Waals surface area (Å²) in [7, 11) is 0. The highest BCUT2D eigenvalue weighted by Crippen LogP contribution is 2.33. The summed E-state index contributed by atoms with van der Waals surface area (Å²) in [6.45, 7) is 13.8. The zero-order valence-electron chi connectivity index (χ0n) is 15.0. The molecule has 0 aromatic rings. The van der Waals surface area contributed by atoms with E-state index in [1.807, 2.05) is 41.5 Å². The molecule has 134 valence electrons. The molecule has 0 saturated carbocycles. The fourth-order valence-corrected chi connectivity index (χ4v) is 2.04. The smallest absolute Gasteiger partial charge is 0.332 e. The van der Waals surface area contributed by atoms with Crippen LogP contribution in [0.5, 0.6) is 0 Å². The Kier molecular flexibility index (Phi) is 6.98. The van der Waals surface area contributed by atoms with E-state index in [9.17, 15) is 9.59 Å². The van der Waals surface area contributed by atoms with Crippen molar-refractivity contribution in [3.8, 4) is 0 Å². The van der Waals surface area contributed by atoms with Gasteiger partial charge in [-0.1, -0.05) is 0 Å². The molecular weight excluding hydrogens is 302 g/mol. The second-order valence-electron chi connectivity index (χ2n) is 7.49. The quantitative estimate of drug-likeness (QED) is 0.427. The SMILES string of the molecule is CC(C)(C)OC(=O)COCC1C2OCCN12.CC(C)(C)OC=O. The Morgan fingerprint density at radius 2 is 1.87 bits per heavy atom. The van der Waals surface area contributed by atoms with Crippen molar-refractivity contribution in [2.45, 2.75) is 65.0 Å². The van der Waals surface area contributed by atoms with Gasteiger partial charge in [0.1, 0.15) is 24.0 Å². The third-order valence-electron chi connectivity index (χ3n) is 2.96. The number of carbonyl (C=O) groups is 2. The highest BCUT2D eigenvalue weighted by atomic mass is 16.6. The van der Waals surface area contributed by atoms with Gasteiger partial charge >= 0.3 is 5.97 Å². The van der Waals surface area contributed by atoms with Crippen LogP contribution >= 0.6 is 0 Å². The van der Waals surface area contributed by atoms with Crippen LogP contribution in [0.15, 0.2) is 0 Å². The summed E-state index contributed by atoms with van der Waals surface area (Å²) in [4.78, 5) is 23.1. The van der Waals surface area contributed by atoms with Gasteiger partial charge in [-0.3, -0.25) is 9.69 Å².